The molecule has 2 N–H and O–H groups in total. The molecule has 2 atom stereocenters. The molecule has 35 heavy (non-hydrogen) atoms. The quantitative estimate of drug-likeness (QED) is 0.536. The van der Waals surface area contributed by atoms with Crippen molar-refractivity contribution in [3.63, 3.8) is 0 Å². The molecule has 2 amide bonds. The molecule has 180 valence electrons. The summed E-state index contributed by atoms with van der Waals surface area (Å²) in [5, 5.41) is 10.5. The molecule has 3 heterocycles. The fraction of sp³-hybridized carbons (Fsp3) is 0.296. The van der Waals surface area contributed by atoms with E-state index < -0.39 is 12.0 Å². The third-order valence-electron chi connectivity index (χ3n) is 6.08. The third kappa shape index (κ3) is 4.39. The molecule has 0 radical (unpaired) electrons. The highest BCUT2D eigenvalue weighted by atomic mass is 16.5. The zero-order chi connectivity index (χ0) is 24.7. The van der Waals surface area contributed by atoms with E-state index in [1.54, 1.807) is 25.5 Å². The zero-order valence-corrected chi connectivity index (χ0v) is 20.2. The second-order valence-corrected chi connectivity index (χ2v) is 9.19. The molecule has 2 aromatic carbocycles. The highest BCUT2D eigenvalue weighted by molar-refractivity contribution is 5.95. The number of carbonyl (C=O) groups excluding carboxylic acids is 2. The Morgan fingerprint density at radius 2 is 1.97 bits per heavy atom. The molecule has 0 bridgehead atoms. The summed E-state index contributed by atoms with van der Waals surface area (Å²) >= 11 is 0. The largest absolute Gasteiger partial charge is 0.490 e. The number of nitrogens with zero attached hydrogens (tertiary/aromatic N) is 2. The second kappa shape index (κ2) is 8.94. The summed E-state index contributed by atoms with van der Waals surface area (Å²) in [5.74, 6) is 0.391. The van der Waals surface area contributed by atoms with Crippen molar-refractivity contribution in [3.05, 3.63) is 77.1 Å². The highest BCUT2D eigenvalue weighted by Gasteiger charge is 2.36. The number of hydrogen-bond donors (Lipinski definition) is 2. The lowest BCUT2D eigenvalue weighted by Gasteiger charge is -2.28. The van der Waals surface area contributed by atoms with Gasteiger partial charge in [0.1, 0.15) is 11.9 Å². The van der Waals surface area contributed by atoms with Crippen LogP contribution < -0.4 is 15.4 Å². The number of esters is 1. The number of allylic oxidation sites excluding steroid dienone is 1. The molecule has 0 fully saturated rings. The van der Waals surface area contributed by atoms with Crippen LogP contribution in [0.3, 0.4) is 0 Å². The van der Waals surface area contributed by atoms with Gasteiger partial charge in [-0.05, 0) is 63.6 Å². The molecule has 0 saturated carbocycles. The first-order valence-electron chi connectivity index (χ1n) is 11.7. The van der Waals surface area contributed by atoms with Crippen molar-refractivity contribution >= 4 is 12.0 Å². The Morgan fingerprint density at radius 1 is 1.20 bits per heavy atom. The van der Waals surface area contributed by atoms with E-state index in [-0.39, 0.29) is 18.2 Å². The van der Waals surface area contributed by atoms with Crippen LogP contribution in [0.15, 0.2) is 66.0 Å². The van der Waals surface area contributed by atoms with Gasteiger partial charge in [-0.2, -0.15) is 5.10 Å². The lowest BCUT2D eigenvalue weighted by atomic mass is 9.93. The molecule has 0 unspecified atom stereocenters. The number of ether oxygens (including phenoxy) is 2. The molecule has 0 saturated heterocycles. The van der Waals surface area contributed by atoms with Crippen LogP contribution in [0.2, 0.25) is 0 Å². The van der Waals surface area contributed by atoms with Crippen LogP contribution in [0, 0.1) is 0 Å². The van der Waals surface area contributed by atoms with Crippen LogP contribution in [0.5, 0.6) is 5.75 Å². The van der Waals surface area contributed by atoms with Crippen LogP contribution in [0.25, 0.3) is 16.9 Å². The maximum Gasteiger partial charge on any atom is 0.338 e. The Morgan fingerprint density at radius 3 is 2.71 bits per heavy atom. The standard InChI is InChI=1S/C27H28N4O4/c1-15(2)34-26(32)23-17(4)28-27(33)29-25(23)21-14-31(20-8-6-5-7-9-20)30-24(21)18-10-11-22-19(13-18)12-16(3)35-22/h5-11,13-16,25H,12H2,1-4H3,(H2,28,29,33)/t16-,25+/m0/s1. The van der Waals surface area contributed by atoms with Crippen LogP contribution in [0.4, 0.5) is 4.79 Å². The van der Waals surface area contributed by atoms with Crippen LogP contribution in [-0.2, 0) is 16.0 Å². The Labute approximate surface area is 203 Å². The minimum absolute atomic E-state index is 0.119. The minimum Gasteiger partial charge on any atom is -0.490 e. The average Bonchev–Trinajstić information content (AvgIpc) is 3.41. The van der Waals surface area contributed by atoms with E-state index in [4.69, 9.17) is 14.6 Å². The average molecular weight is 473 g/mol. The summed E-state index contributed by atoms with van der Waals surface area (Å²) in [6.45, 7) is 7.34. The van der Waals surface area contributed by atoms with Gasteiger partial charge in [0.25, 0.3) is 0 Å². The zero-order valence-electron chi connectivity index (χ0n) is 20.2. The molecule has 2 aliphatic rings. The number of carbonyl (C=O) groups is 2. The van der Waals surface area contributed by atoms with Gasteiger partial charge in [0.2, 0.25) is 0 Å². The van der Waals surface area contributed by atoms with Crippen molar-refractivity contribution in [2.75, 3.05) is 0 Å². The van der Waals surface area contributed by atoms with E-state index in [1.165, 1.54) is 0 Å². The van der Waals surface area contributed by atoms with Gasteiger partial charge in [0, 0.05) is 29.4 Å². The molecule has 1 aromatic heterocycles. The number of fused-ring (bicyclic) bond motifs is 1. The summed E-state index contributed by atoms with van der Waals surface area (Å²) in [6, 6.07) is 14.6. The van der Waals surface area contributed by atoms with E-state index in [2.05, 4.69) is 16.7 Å². The van der Waals surface area contributed by atoms with E-state index in [0.717, 1.165) is 29.0 Å². The fourth-order valence-electron chi connectivity index (χ4n) is 4.58. The Bertz CT molecular complexity index is 1330. The summed E-state index contributed by atoms with van der Waals surface area (Å²) in [5.41, 5.74) is 5.04. The number of benzene rings is 2. The number of aromatic nitrogens is 2. The lowest BCUT2D eigenvalue weighted by molar-refractivity contribution is -0.143. The molecule has 0 spiro atoms. The van der Waals surface area contributed by atoms with Gasteiger partial charge in [-0.15, -0.1) is 0 Å². The summed E-state index contributed by atoms with van der Waals surface area (Å²) < 4.78 is 13.2. The van der Waals surface area contributed by atoms with Gasteiger partial charge in [-0.25, -0.2) is 14.3 Å². The summed E-state index contributed by atoms with van der Waals surface area (Å²) in [6.07, 6.45) is 2.50. The first kappa shape index (κ1) is 22.7. The van der Waals surface area contributed by atoms with E-state index in [1.807, 2.05) is 55.6 Å². The maximum absolute atomic E-state index is 13.1. The van der Waals surface area contributed by atoms with Gasteiger partial charge in [0.05, 0.1) is 29.1 Å². The Hall–Kier alpha value is -4.07. The monoisotopic (exact) mass is 472 g/mol. The first-order valence-corrected chi connectivity index (χ1v) is 11.7. The first-order chi connectivity index (χ1) is 16.8. The Balaban J connectivity index is 1.67. The van der Waals surface area contributed by atoms with Crippen molar-refractivity contribution in [2.45, 2.75) is 52.4 Å². The predicted octanol–water partition coefficient (Wildman–Crippen LogP) is 4.44. The molecule has 2 aliphatic heterocycles. The molecule has 0 aliphatic carbocycles. The Kier molecular flexibility index (Phi) is 5.80. The van der Waals surface area contributed by atoms with Crippen molar-refractivity contribution in [3.8, 4) is 22.7 Å². The van der Waals surface area contributed by atoms with Gasteiger partial charge in [0.15, 0.2) is 0 Å². The number of rotatable bonds is 5. The summed E-state index contributed by atoms with van der Waals surface area (Å²) in [7, 11) is 0. The number of para-hydroxylation sites is 1. The van der Waals surface area contributed by atoms with Gasteiger partial charge in [-0.1, -0.05) is 18.2 Å². The second-order valence-electron chi connectivity index (χ2n) is 9.19. The molecule has 5 rings (SSSR count). The number of nitrogens with one attached hydrogen (secondary N) is 2. The van der Waals surface area contributed by atoms with Crippen LogP contribution >= 0.6 is 0 Å². The number of amides is 2. The minimum atomic E-state index is -0.731. The fourth-order valence-corrected chi connectivity index (χ4v) is 4.58. The lowest BCUT2D eigenvalue weighted by Crippen LogP contribution is -2.45. The van der Waals surface area contributed by atoms with Gasteiger partial charge < -0.3 is 20.1 Å². The number of urea groups is 1. The SMILES string of the molecule is CC1=C(C(=O)OC(C)C)[C@@H](c2cn(-c3ccccc3)nc2-c2ccc3c(c2)C[C@H](C)O3)NC(=O)N1. The van der Waals surface area contributed by atoms with Crippen molar-refractivity contribution in [1.29, 1.82) is 0 Å². The number of hydrogen-bond acceptors (Lipinski definition) is 5. The van der Waals surface area contributed by atoms with E-state index >= 15 is 0 Å². The predicted molar refractivity (Wildman–Crippen MR) is 131 cm³/mol. The molecule has 8 heteroatoms. The third-order valence-corrected chi connectivity index (χ3v) is 6.08. The molecule has 8 nitrogen and oxygen atoms in total. The van der Waals surface area contributed by atoms with Crippen LogP contribution in [-0.4, -0.2) is 34.0 Å². The molecule has 3 aromatic rings. The molecular formula is C27H28N4O4. The van der Waals surface area contributed by atoms with E-state index in [0.29, 0.717) is 22.5 Å². The summed E-state index contributed by atoms with van der Waals surface area (Å²) in [4.78, 5) is 25.6. The van der Waals surface area contributed by atoms with Crippen molar-refractivity contribution in [1.82, 2.24) is 20.4 Å². The van der Waals surface area contributed by atoms with Crippen molar-refractivity contribution in [2.24, 2.45) is 0 Å². The van der Waals surface area contributed by atoms with E-state index in [9.17, 15) is 9.59 Å². The van der Waals surface area contributed by atoms with Gasteiger partial charge in [-0.3, -0.25) is 0 Å². The smallest absolute Gasteiger partial charge is 0.338 e. The van der Waals surface area contributed by atoms with Crippen molar-refractivity contribution < 1.29 is 19.1 Å². The molecular weight excluding hydrogens is 444 g/mol. The normalized spacial score (nSPS) is 19.2. The van der Waals surface area contributed by atoms with Crippen LogP contribution in [0.1, 0.15) is 44.9 Å². The maximum atomic E-state index is 13.1. The van der Waals surface area contributed by atoms with Gasteiger partial charge >= 0.3 is 12.0 Å². The topological polar surface area (TPSA) is 94.5 Å². The highest BCUT2D eigenvalue weighted by Crippen LogP contribution is 2.38.